The highest BCUT2D eigenvalue weighted by atomic mass is 32.2. The van der Waals surface area contributed by atoms with Crippen LogP contribution in [0.15, 0.2) is 23.2 Å². The summed E-state index contributed by atoms with van der Waals surface area (Å²) in [5.41, 5.74) is 5.87. The van der Waals surface area contributed by atoms with Crippen molar-refractivity contribution < 1.29 is 8.42 Å². The van der Waals surface area contributed by atoms with Crippen LogP contribution < -0.4 is 5.73 Å². The van der Waals surface area contributed by atoms with E-state index in [1.165, 1.54) is 16.6 Å². The number of thioether (sulfide) groups is 1. The summed E-state index contributed by atoms with van der Waals surface area (Å²) in [7, 11) is -3.45. The molecule has 1 fully saturated rings. The van der Waals surface area contributed by atoms with Gasteiger partial charge in [-0.05, 0) is 24.3 Å². The summed E-state index contributed by atoms with van der Waals surface area (Å²) in [4.78, 5) is 4.34. The van der Waals surface area contributed by atoms with Crippen LogP contribution in [0, 0.1) is 0 Å². The summed E-state index contributed by atoms with van der Waals surface area (Å²) < 4.78 is 26.4. The Bertz CT molecular complexity index is 549. The fraction of sp³-hybridized carbons (Fsp3) is 0.455. The van der Waals surface area contributed by atoms with E-state index in [1.54, 1.807) is 17.8 Å². The van der Waals surface area contributed by atoms with Crippen LogP contribution in [0.1, 0.15) is 12.1 Å². The maximum absolute atomic E-state index is 12.4. The van der Waals surface area contributed by atoms with Gasteiger partial charge in [0.15, 0.2) is 0 Å². The molecule has 8 heteroatoms. The molecule has 1 aromatic heterocycles. The molecule has 104 valence electrons. The number of hydrogen-bond donors (Lipinski definition) is 1. The molecule has 0 atom stereocenters. The number of rotatable bonds is 3. The minimum atomic E-state index is -3.45. The molecular formula is C11H15N3O2S3. The predicted molar refractivity (Wildman–Crippen MR) is 80.8 cm³/mol. The van der Waals surface area contributed by atoms with Crippen LogP contribution in [-0.4, -0.2) is 47.3 Å². The third kappa shape index (κ3) is 3.44. The van der Waals surface area contributed by atoms with E-state index in [2.05, 4.69) is 4.98 Å². The lowest BCUT2D eigenvalue weighted by molar-refractivity contribution is 0.435. The molecule has 1 saturated heterocycles. The second-order valence-electron chi connectivity index (χ2n) is 4.11. The summed E-state index contributed by atoms with van der Waals surface area (Å²) in [5.74, 6) is 1.84. The third-order valence-electron chi connectivity index (χ3n) is 2.81. The maximum atomic E-state index is 12.4. The number of hydrogen-bond acceptors (Lipinski definition) is 5. The number of thiocarbonyl (C=S) groups is 1. The smallest absolute Gasteiger partial charge is 0.244 e. The number of sulfonamides is 1. The van der Waals surface area contributed by atoms with Crippen molar-refractivity contribution in [3.05, 3.63) is 24.0 Å². The molecule has 2 rings (SSSR count). The molecule has 5 nitrogen and oxygen atoms in total. The molecule has 0 saturated carbocycles. The first-order valence-corrected chi connectivity index (χ1v) is 8.86. The third-order valence-corrected chi connectivity index (χ3v) is 5.95. The van der Waals surface area contributed by atoms with Gasteiger partial charge in [0.2, 0.25) is 10.0 Å². The molecule has 0 aliphatic carbocycles. The second kappa shape index (κ2) is 6.17. The number of nitrogens with zero attached hydrogens (tertiary/aromatic N) is 2. The first kappa shape index (κ1) is 14.7. The monoisotopic (exact) mass is 317 g/mol. The van der Waals surface area contributed by atoms with Gasteiger partial charge < -0.3 is 5.73 Å². The Morgan fingerprint density at radius 1 is 1.37 bits per heavy atom. The molecule has 2 N–H and O–H groups in total. The van der Waals surface area contributed by atoms with Crippen molar-refractivity contribution in [1.82, 2.24) is 9.29 Å². The van der Waals surface area contributed by atoms with Crippen LogP contribution in [0.5, 0.6) is 0 Å². The van der Waals surface area contributed by atoms with E-state index in [4.69, 9.17) is 18.0 Å². The van der Waals surface area contributed by atoms with Crippen molar-refractivity contribution in [3.63, 3.8) is 0 Å². The lowest BCUT2D eigenvalue weighted by Gasteiger charge is -2.19. The first-order valence-electron chi connectivity index (χ1n) is 5.85. The van der Waals surface area contributed by atoms with Gasteiger partial charge in [-0.25, -0.2) is 8.42 Å². The quantitative estimate of drug-likeness (QED) is 0.833. The lowest BCUT2D eigenvalue weighted by Crippen LogP contribution is -2.33. The highest BCUT2D eigenvalue weighted by molar-refractivity contribution is 7.99. The SMILES string of the molecule is NC(=S)c1ccc(S(=O)(=O)N2CCCSCC2)cn1. The van der Waals surface area contributed by atoms with Gasteiger partial charge in [-0.15, -0.1) is 0 Å². The minimum Gasteiger partial charge on any atom is -0.388 e. The highest BCUT2D eigenvalue weighted by Gasteiger charge is 2.25. The molecule has 0 radical (unpaired) electrons. The van der Waals surface area contributed by atoms with Crippen molar-refractivity contribution >= 4 is 39.0 Å². The topological polar surface area (TPSA) is 76.3 Å². The van der Waals surface area contributed by atoms with Crippen molar-refractivity contribution in [2.45, 2.75) is 11.3 Å². The summed E-state index contributed by atoms with van der Waals surface area (Å²) in [5, 5.41) is 0. The molecule has 19 heavy (non-hydrogen) atoms. The summed E-state index contributed by atoms with van der Waals surface area (Å²) >= 11 is 6.58. The normalized spacial score (nSPS) is 17.9. The van der Waals surface area contributed by atoms with Gasteiger partial charge in [0.1, 0.15) is 9.88 Å². The standard InChI is InChI=1S/C11H15N3O2S3/c12-11(17)10-3-2-9(8-13-10)19(15,16)14-4-1-6-18-7-5-14/h2-3,8H,1,4-7H2,(H2,12,17). The fourth-order valence-corrected chi connectivity index (χ4v) is 4.34. The van der Waals surface area contributed by atoms with E-state index in [0.29, 0.717) is 18.8 Å². The van der Waals surface area contributed by atoms with Crippen LogP contribution in [-0.2, 0) is 10.0 Å². The molecule has 1 aliphatic rings. The van der Waals surface area contributed by atoms with Gasteiger partial charge >= 0.3 is 0 Å². The van der Waals surface area contributed by atoms with Crippen molar-refractivity contribution in [2.75, 3.05) is 24.6 Å². The van der Waals surface area contributed by atoms with Crippen LogP contribution >= 0.6 is 24.0 Å². The molecule has 0 unspecified atom stereocenters. The van der Waals surface area contributed by atoms with Crippen molar-refractivity contribution in [2.24, 2.45) is 5.73 Å². The zero-order valence-electron chi connectivity index (χ0n) is 10.3. The summed E-state index contributed by atoms with van der Waals surface area (Å²) in [6, 6.07) is 3.05. The molecule has 1 aromatic rings. The summed E-state index contributed by atoms with van der Waals surface area (Å²) in [6.07, 6.45) is 2.20. The van der Waals surface area contributed by atoms with E-state index < -0.39 is 10.0 Å². The molecule has 0 aromatic carbocycles. The number of aromatic nitrogens is 1. The van der Waals surface area contributed by atoms with Crippen LogP contribution in [0.3, 0.4) is 0 Å². The largest absolute Gasteiger partial charge is 0.388 e. The molecule has 2 heterocycles. The number of nitrogens with two attached hydrogens (primary N) is 1. The molecule has 1 aliphatic heterocycles. The Kier molecular flexibility index (Phi) is 4.77. The summed E-state index contributed by atoms with van der Waals surface area (Å²) in [6.45, 7) is 1.11. The minimum absolute atomic E-state index is 0.162. The van der Waals surface area contributed by atoms with Gasteiger partial charge in [0.05, 0.1) is 5.69 Å². The number of pyridine rings is 1. The zero-order chi connectivity index (χ0) is 13.9. The van der Waals surface area contributed by atoms with Crippen molar-refractivity contribution in [1.29, 1.82) is 0 Å². The molecule has 0 spiro atoms. The van der Waals surface area contributed by atoms with Crippen molar-refractivity contribution in [3.8, 4) is 0 Å². The van der Waals surface area contributed by atoms with Gasteiger partial charge in [-0.3, -0.25) is 4.98 Å². The second-order valence-corrected chi connectivity index (χ2v) is 7.72. The van der Waals surface area contributed by atoms with Gasteiger partial charge in [0.25, 0.3) is 0 Å². The van der Waals surface area contributed by atoms with Crippen LogP contribution in [0.25, 0.3) is 0 Å². The fourth-order valence-electron chi connectivity index (χ4n) is 1.79. The predicted octanol–water partition coefficient (Wildman–Crippen LogP) is 0.843. The van der Waals surface area contributed by atoms with Crippen LogP contribution in [0.2, 0.25) is 0 Å². The Hall–Kier alpha value is -0.700. The Balaban J connectivity index is 2.25. The van der Waals surface area contributed by atoms with E-state index >= 15 is 0 Å². The Morgan fingerprint density at radius 3 is 2.79 bits per heavy atom. The van der Waals surface area contributed by atoms with Gasteiger partial charge in [-0.1, -0.05) is 12.2 Å². The Labute approximate surface area is 122 Å². The average molecular weight is 317 g/mol. The van der Waals surface area contributed by atoms with E-state index in [0.717, 1.165) is 17.9 Å². The van der Waals surface area contributed by atoms with Gasteiger partial charge in [0, 0.05) is 25.0 Å². The molecular weight excluding hydrogens is 302 g/mol. The molecule has 0 bridgehead atoms. The van der Waals surface area contributed by atoms with E-state index in [1.807, 2.05) is 0 Å². The molecule has 0 amide bonds. The lowest BCUT2D eigenvalue weighted by atomic mass is 10.3. The highest BCUT2D eigenvalue weighted by Crippen LogP contribution is 2.19. The van der Waals surface area contributed by atoms with E-state index in [-0.39, 0.29) is 9.88 Å². The van der Waals surface area contributed by atoms with Gasteiger partial charge in [-0.2, -0.15) is 16.1 Å². The van der Waals surface area contributed by atoms with Crippen LogP contribution in [0.4, 0.5) is 0 Å². The van der Waals surface area contributed by atoms with E-state index in [9.17, 15) is 8.42 Å². The first-order chi connectivity index (χ1) is 9.01. The average Bonchev–Trinajstić information content (AvgIpc) is 2.68. The maximum Gasteiger partial charge on any atom is 0.244 e. The Morgan fingerprint density at radius 2 is 2.16 bits per heavy atom. The zero-order valence-corrected chi connectivity index (χ0v) is 12.7.